The third-order valence-corrected chi connectivity index (χ3v) is 4.60. The van der Waals surface area contributed by atoms with Gasteiger partial charge >= 0.3 is 5.97 Å². The van der Waals surface area contributed by atoms with E-state index >= 15 is 0 Å². The Morgan fingerprint density at radius 3 is 2.46 bits per heavy atom. The van der Waals surface area contributed by atoms with Crippen molar-refractivity contribution < 1.29 is 19.5 Å². The molecule has 0 aromatic heterocycles. The molecule has 1 N–H and O–H groups in total. The fourth-order valence-corrected chi connectivity index (χ4v) is 2.89. The topological polar surface area (TPSA) is 77.9 Å². The maximum atomic E-state index is 12.3. The number of carboxylic acid groups (broad SMARTS) is 1. The smallest absolute Gasteiger partial charge is 0.311 e. The first kappa shape index (κ1) is 18.0. The Labute approximate surface area is 142 Å². The summed E-state index contributed by atoms with van der Waals surface area (Å²) in [5, 5.41) is 9.24. The summed E-state index contributed by atoms with van der Waals surface area (Å²) in [6.07, 6.45) is 0.677. The molecule has 1 aromatic carbocycles. The van der Waals surface area contributed by atoms with Gasteiger partial charge in [-0.15, -0.1) is 0 Å². The highest BCUT2D eigenvalue weighted by Gasteiger charge is 2.41. The lowest BCUT2D eigenvalue weighted by Crippen LogP contribution is -2.37. The summed E-state index contributed by atoms with van der Waals surface area (Å²) in [4.78, 5) is 38.6. The van der Waals surface area contributed by atoms with Crippen molar-refractivity contribution in [1.82, 2.24) is 9.80 Å². The van der Waals surface area contributed by atoms with Crippen molar-refractivity contribution in [1.29, 1.82) is 0 Å². The van der Waals surface area contributed by atoms with Crippen molar-refractivity contribution in [3.8, 4) is 0 Å². The lowest BCUT2D eigenvalue weighted by Gasteiger charge is -2.24. The maximum absolute atomic E-state index is 12.3. The minimum Gasteiger partial charge on any atom is -0.481 e. The Morgan fingerprint density at radius 1 is 1.25 bits per heavy atom. The highest BCUT2D eigenvalue weighted by molar-refractivity contribution is 5.81. The van der Waals surface area contributed by atoms with E-state index in [2.05, 4.69) is 0 Å². The van der Waals surface area contributed by atoms with Gasteiger partial charge in [-0.1, -0.05) is 30.3 Å². The molecule has 0 aliphatic carbocycles. The van der Waals surface area contributed by atoms with E-state index in [1.165, 1.54) is 6.92 Å². The van der Waals surface area contributed by atoms with E-state index < -0.39 is 11.4 Å². The second-order valence-corrected chi connectivity index (χ2v) is 6.61. The number of likely N-dealkylation sites (tertiary alicyclic amines) is 1. The zero-order valence-electron chi connectivity index (χ0n) is 14.2. The third-order valence-electron chi connectivity index (χ3n) is 4.60. The average molecular weight is 332 g/mol. The number of aliphatic carboxylic acids is 1. The number of carbonyl (C=O) groups excluding carboxylic acids is 2. The van der Waals surface area contributed by atoms with Gasteiger partial charge in [-0.25, -0.2) is 0 Å². The van der Waals surface area contributed by atoms with Gasteiger partial charge in [-0.2, -0.15) is 0 Å². The standard InChI is InChI=1S/C18H24N2O4/c1-14(21)19(12-15-6-4-3-5-7-15)10-8-16(22)20-11-9-18(2,13-20)17(23)24/h3-7H,8-13H2,1-2H3,(H,23,24)/t18-/m0/s1. The van der Waals surface area contributed by atoms with E-state index in [9.17, 15) is 19.5 Å². The quantitative estimate of drug-likeness (QED) is 0.861. The summed E-state index contributed by atoms with van der Waals surface area (Å²) >= 11 is 0. The van der Waals surface area contributed by atoms with E-state index in [1.807, 2.05) is 30.3 Å². The zero-order chi connectivity index (χ0) is 17.7. The predicted molar refractivity (Wildman–Crippen MR) is 89.1 cm³/mol. The van der Waals surface area contributed by atoms with Crippen molar-refractivity contribution in [2.24, 2.45) is 5.41 Å². The van der Waals surface area contributed by atoms with Gasteiger partial charge in [0.25, 0.3) is 0 Å². The molecular formula is C18H24N2O4. The van der Waals surface area contributed by atoms with Crippen LogP contribution >= 0.6 is 0 Å². The van der Waals surface area contributed by atoms with E-state index in [4.69, 9.17) is 0 Å². The molecule has 0 spiro atoms. The minimum absolute atomic E-state index is 0.0801. The van der Waals surface area contributed by atoms with Crippen molar-refractivity contribution in [2.75, 3.05) is 19.6 Å². The van der Waals surface area contributed by atoms with Gasteiger partial charge in [-0.05, 0) is 18.9 Å². The molecular weight excluding hydrogens is 308 g/mol. The molecule has 0 radical (unpaired) electrons. The normalized spacial score (nSPS) is 20.0. The SMILES string of the molecule is CC(=O)N(CCC(=O)N1CC[C@](C)(C(=O)O)C1)Cc1ccccc1. The molecule has 0 unspecified atom stereocenters. The van der Waals surface area contributed by atoms with Gasteiger partial charge in [0.15, 0.2) is 0 Å². The molecule has 1 atom stereocenters. The van der Waals surface area contributed by atoms with E-state index in [-0.39, 0.29) is 24.8 Å². The van der Waals surface area contributed by atoms with Crippen LogP contribution in [0.1, 0.15) is 32.3 Å². The lowest BCUT2D eigenvalue weighted by molar-refractivity contribution is -0.147. The predicted octanol–water partition coefficient (Wildman–Crippen LogP) is 1.75. The first-order valence-corrected chi connectivity index (χ1v) is 8.12. The van der Waals surface area contributed by atoms with Crippen LogP contribution in [0, 0.1) is 5.41 Å². The van der Waals surface area contributed by atoms with Crippen molar-refractivity contribution in [3.63, 3.8) is 0 Å². The molecule has 6 nitrogen and oxygen atoms in total. The molecule has 1 aliphatic heterocycles. The van der Waals surface area contributed by atoms with Crippen LogP contribution in [0.2, 0.25) is 0 Å². The summed E-state index contributed by atoms with van der Waals surface area (Å²) in [7, 11) is 0. The van der Waals surface area contributed by atoms with Crippen LogP contribution < -0.4 is 0 Å². The van der Waals surface area contributed by atoms with Crippen LogP contribution in [0.15, 0.2) is 30.3 Å². The molecule has 6 heteroatoms. The molecule has 24 heavy (non-hydrogen) atoms. The minimum atomic E-state index is -0.868. The fraction of sp³-hybridized carbons (Fsp3) is 0.500. The van der Waals surface area contributed by atoms with Crippen LogP contribution in [0.25, 0.3) is 0 Å². The van der Waals surface area contributed by atoms with Gasteiger partial charge in [0, 0.05) is 39.5 Å². The maximum Gasteiger partial charge on any atom is 0.311 e. The summed E-state index contributed by atoms with van der Waals surface area (Å²) in [6.45, 7) is 4.66. The number of hydrogen-bond acceptors (Lipinski definition) is 3. The number of carbonyl (C=O) groups is 3. The summed E-state index contributed by atoms with van der Waals surface area (Å²) in [5.74, 6) is -1.05. The zero-order valence-corrected chi connectivity index (χ0v) is 14.2. The molecule has 0 bridgehead atoms. The van der Waals surface area contributed by atoms with Crippen molar-refractivity contribution >= 4 is 17.8 Å². The molecule has 2 amide bonds. The molecule has 1 heterocycles. The first-order valence-electron chi connectivity index (χ1n) is 8.12. The molecule has 1 aliphatic rings. The largest absolute Gasteiger partial charge is 0.481 e. The third kappa shape index (κ3) is 4.34. The van der Waals surface area contributed by atoms with E-state index in [0.717, 1.165) is 5.56 Å². The molecule has 2 rings (SSSR count). The molecule has 1 aromatic rings. The Kier molecular flexibility index (Phi) is 5.59. The number of benzene rings is 1. The Balaban J connectivity index is 1.89. The Morgan fingerprint density at radius 2 is 1.92 bits per heavy atom. The van der Waals surface area contributed by atoms with Crippen LogP contribution in [0.5, 0.6) is 0 Å². The van der Waals surface area contributed by atoms with Crippen LogP contribution in [-0.2, 0) is 20.9 Å². The number of nitrogens with zero attached hydrogens (tertiary/aromatic N) is 2. The molecule has 1 fully saturated rings. The van der Waals surface area contributed by atoms with Gasteiger partial charge in [0.2, 0.25) is 11.8 Å². The average Bonchev–Trinajstić information content (AvgIpc) is 2.96. The number of hydrogen-bond donors (Lipinski definition) is 1. The van der Waals surface area contributed by atoms with E-state index in [0.29, 0.717) is 26.1 Å². The summed E-state index contributed by atoms with van der Waals surface area (Å²) in [6, 6.07) is 9.62. The lowest BCUT2D eigenvalue weighted by atomic mass is 9.90. The second-order valence-electron chi connectivity index (χ2n) is 6.61. The van der Waals surface area contributed by atoms with Crippen LogP contribution in [-0.4, -0.2) is 52.3 Å². The second kappa shape index (κ2) is 7.47. The van der Waals surface area contributed by atoms with Crippen LogP contribution in [0.4, 0.5) is 0 Å². The van der Waals surface area contributed by atoms with E-state index in [1.54, 1.807) is 16.7 Å². The molecule has 1 saturated heterocycles. The molecule has 130 valence electrons. The number of amides is 2. The van der Waals surface area contributed by atoms with Crippen LogP contribution in [0.3, 0.4) is 0 Å². The number of rotatable bonds is 6. The van der Waals surface area contributed by atoms with Gasteiger partial charge in [-0.3, -0.25) is 14.4 Å². The summed E-state index contributed by atoms with van der Waals surface area (Å²) < 4.78 is 0. The summed E-state index contributed by atoms with van der Waals surface area (Å²) in [5.41, 5.74) is 0.153. The van der Waals surface area contributed by atoms with Crippen molar-refractivity contribution in [2.45, 2.75) is 33.2 Å². The highest BCUT2D eigenvalue weighted by Crippen LogP contribution is 2.30. The highest BCUT2D eigenvalue weighted by atomic mass is 16.4. The monoisotopic (exact) mass is 332 g/mol. The Hall–Kier alpha value is -2.37. The van der Waals surface area contributed by atoms with Gasteiger partial charge in [0.05, 0.1) is 5.41 Å². The van der Waals surface area contributed by atoms with Gasteiger partial charge in [0.1, 0.15) is 0 Å². The van der Waals surface area contributed by atoms with Crippen molar-refractivity contribution in [3.05, 3.63) is 35.9 Å². The first-order chi connectivity index (χ1) is 11.3. The van der Waals surface area contributed by atoms with Gasteiger partial charge < -0.3 is 14.9 Å². The Bertz CT molecular complexity index is 617. The molecule has 0 saturated carbocycles. The number of carboxylic acids is 1. The fourth-order valence-electron chi connectivity index (χ4n) is 2.89.